The van der Waals surface area contributed by atoms with Crippen LogP contribution in [-0.4, -0.2) is 29.7 Å². The molecular formula is C25H22BrNO4. The van der Waals surface area contributed by atoms with Gasteiger partial charge in [-0.3, -0.25) is 9.59 Å². The van der Waals surface area contributed by atoms with Crippen molar-refractivity contribution < 1.29 is 19.4 Å². The Hall–Kier alpha value is -2.96. The molecule has 1 unspecified atom stereocenters. The predicted octanol–water partition coefficient (Wildman–Crippen LogP) is 4.69. The zero-order chi connectivity index (χ0) is 22.0. The van der Waals surface area contributed by atoms with Gasteiger partial charge in [0.15, 0.2) is 0 Å². The van der Waals surface area contributed by atoms with Crippen molar-refractivity contribution in [3.8, 4) is 11.1 Å². The van der Waals surface area contributed by atoms with Gasteiger partial charge in [0.2, 0.25) is 0 Å². The van der Waals surface area contributed by atoms with Crippen molar-refractivity contribution in [2.75, 3.05) is 6.61 Å². The molecule has 2 atom stereocenters. The third-order valence-electron chi connectivity index (χ3n) is 5.68. The first kappa shape index (κ1) is 21.3. The van der Waals surface area contributed by atoms with Gasteiger partial charge in [0, 0.05) is 16.4 Å². The van der Waals surface area contributed by atoms with E-state index in [2.05, 4.69) is 40.2 Å². The summed E-state index contributed by atoms with van der Waals surface area (Å²) in [6, 6.07) is 22.4. The molecule has 0 saturated heterocycles. The van der Waals surface area contributed by atoms with E-state index in [-0.39, 0.29) is 18.9 Å². The van der Waals surface area contributed by atoms with E-state index in [0.29, 0.717) is 5.56 Å². The molecule has 1 aliphatic carbocycles. The highest BCUT2D eigenvalue weighted by Crippen LogP contribution is 2.44. The molecule has 0 radical (unpaired) electrons. The number of carboxylic acids is 1. The van der Waals surface area contributed by atoms with E-state index in [1.165, 1.54) is 0 Å². The van der Waals surface area contributed by atoms with Crippen LogP contribution in [0.15, 0.2) is 77.3 Å². The van der Waals surface area contributed by atoms with Crippen molar-refractivity contribution >= 4 is 27.9 Å². The Morgan fingerprint density at radius 1 is 0.935 bits per heavy atom. The molecule has 3 aromatic rings. The van der Waals surface area contributed by atoms with Crippen LogP contribution in [0.3, 0.4) is 0 Å². The van der Waals surface area contributed by atoms with Crippen LogP contribution in [0.2, 0.25) is 0 Å². The minimum atomic E-state index is -1.05. The first-order chi connectivity index (χ1) is 15.0. The van der Waals surface area contributed by atoms with Crippen LogP contribution in [0.1, 0.15) is 34.9 Å². The normalized spacial score (nSPS) is 14.4. The van der Waals surface area contributed by atoms with Crippen molar-refractivity contribution in [3.05, 3.63) is 94.0 Å². The second kappa shape index (κ2) is 9.04. The molecule has 0 heterocycles. The molecule has 0 spiro atoms. The predicted molar refractivity (Wildman–Crippen MR) is 122 cm³/mol. The number of hydrogen-bond donors (Lipinski definition) is 2. The summed E-state index contributed by atoms with van der Waals surface area (Å²) >= 11 is 3.37. The van der Waals surface area contributed by atoms with Gasteiger partial charge in [-0.25, -0.2) is 0 Å². The number of nitrogens with two attached hydrogens (primary N) is 1. The van der Waals surface area contributed by atoms with E-state index in [9.17, 15) is 14.7 Å². The Morgan fingerprint density at radius 2 is 1.48 bits per heavy atom. The number of carbonyl (C=O) groups excluding carboxylic acids is 1. The van der Waals surface area contributed by atoms with Gasteiger partial charge in [0.05, 0.1) is 12.3 Å². The third kappa shape index (κ3) is 4.40. The van der Waals surface area contributed by atoms with Gasteiger partial charge in [-0.2, -0.15) is 0 Å². The number of fused-ring (bicyclic) bond motifs is 3. The molecule has 0 aliphatic heterocycles. The molecule has 3 aromatic carbocycles. The van der Waals surface area contributed by atoms with E-state index >= 15 is 0 Å². The molecule has 158 valence electrons. The molecule has 3 N–H and O–H groups in total. The molecule has 4 rings (SSSR count). The highest BCUT2D eigenvalue weighted by Gasteiger charge is 2.33. The van der Waals surface area contributed by atoms with Crippen LogP contribution in [0.5, 0.6) is 0 Å². The summed E-state index contributed by atoms with van der Waals surface area (Å²) in [7, 11) is 0. The molecule has 31 heavy (non-hydrogen) atoms. The van der Waals surface area contributed by atoms with Crippen molar-refractivity contribution in [2.24, 2.45) is 5.73 Å². The van der Waals surface area contributed by atoms with Crippen molar-refractivity contribution in [1.82, 2.24) is 0 Å². The summed E-state index contributed by atoms with van der Waals surface area (Å²) in [4.78, 5) is 24.3. The lowest BCUT2D eigenvalue weighted by molar-refractivity contribution is -0.146. The van der Waals surface area contributed by atoms with Gasteiger partial charge >= 0.3 is 11.9 Å². The second-order valence-corrected chi connectivity index (χ2v) is 8.56. The summed E-state index contributed by atoms with van der Waals surface area (Å²) in [5, 5.41) is 9.19. The van der Waals surface area contributed by atoms with Crippen LogP contribution in [-0.2, 0) is 14.3 Å². The molecule has 0 bridgehead atoms. The summed E-state index contributed by atoms with van der Waals surface area (Å²) in [6.45, 7) is 0.166. The largest absolute Gasteiger partial charge is 0.481 e. The van der Waals surface area contributed by atoms with Gasteiger partial charge in [0.1, 0.15) is 6.61 Å². The minimum absolute atomic E-state index is 0.0717. The zero-order valence-electron chi connectivity index (χ0n) is 16.7. The maximum absolute atomic E-state index is 13.1. The Morgan fingerprint density at radius 3 is 2.03 bits per heavy atom. The number of ether oxygens (including phenoxy) is 1. The lowest BCUT2D eigenvalue weighted by atomic mass is 9.90. The molecule has 0 fully saturated rings. The number of aliphatic carboxylic acids is 1. The van der Waals surface area contributed by atoms with Gasteiger partial charge in [-0.15, -0.1) is 0 Å². The van der Waals surface area contributed by atoms with Crippen LogP contribution < -0.4 is 5.73 Å². The van der Waals surface area contributed by atoms with E-state index < -0.39 is 23.9 Å². The highest BCUT2D eigenvalue weighted by molar-refractivity contribution is 9.10. The summed E-state index contributed by atoms with van der Waals surface area (Å²) in [6.07, 6.45) is -0.328. The fraction of sp³-hybridized carbons (Fsp3) is 0.200. The number of hydrogen-bond acceptors (Lipinski definition) is 4. The average Bonchev–Trinajstić information content (AvgIpc) is 3.07. The Labute approximate surface area is 189 Å². The minimum Gasteiger partial charge on any atom is -0.481 e. The molecule has 0 amide bonds. The molecular weight excluding hydrogens is 458 g/mol. The number of rotatable bonds is 7. The number of benzene rings is 3. The highest BCUT2D eigenvalue weighted by atomic mass is 79.9. The zero-order valence-corrected chi connectivity index (χ0v) is 18.3. The molecule has 1 aliphatic rings. The first-order valence-corrected chi connectivity index (χ1v) is 10.8. The summed E-state index contributed by atoms with van der Waals surface area (Å²) < 4.78 is 6.62. The maximum Gasteiger partial charge on any atom is 0.315 e. The summed E-state index contributed by atoms with van der Waals surface area (Å²) in [5.41, 5.74) is 11.3. The monoisotopic (exact) mass is 479 g/mol. The average molecular weight is 480 g/mol. The van der Waals surface area contributed by atoms with Crippen LogP contribution in [0, 0.1) is 0 Å². The third-order valence-corrected chi connectivity index (χ3v) is 6.21. The second-order valence-electron chi connectivity index (χ2n) is 7.65. The van der Waals surface area contributed by atoms with Gasteiger partial charge in [-0.05, 0) is 39.9 Å². The van der Waals surface area contributed by atoms with E-state index in [4.69, 9.17) is 10.5 Å². The first-order valence-electron chi connectivity index (χ1n) is 10.0. The number of halogens is 1. The van der Waals surface area contributed by atoms with Crippen molar-refractivity contribution in [3.63, 3.8) is 0 Å². The van der Waals surface area contributed by atoms with Gasteiger partial charge < -0.3 is 15.6 Å². The lowest BCUT2D eigenvalue weighted by Gasteiger charge is -2.23. The van der Waals surface area contributed by atoms with Crippen LogP contribution in [0.4, 0.5) is 0 Å². The smallest absolute Gasteiger partial charge is 0.315 e. The molecule has 6 heteroatoms. The van der Waals surface area contributed by atoms with Crippen molar-refractivity contribution in [2.45, 2.75) is 24.3 Å². The maximum atomic E-state index is 13.1. The SMILES string of the molecule is N[C@H](CC(=O)O)C(C(=O)OCC1c2ccccc2-c2ccccc21)c1ccc(Br)cc1. The van der Waals surface area contributed by atoms with Crippen molar-refractivity contribution in [1.29, 1.82) is 0 Å². The Bertz CT molecular complexity index is 1070. The Balaban J connectivity index is 1.58. The number of carbonyl (C=O) groups is 2. The van der Waals surface area contributed by atoms with Gasteiger partial charge in [0.25, 0.3) is 0 Å². The van der Waals surface area contributed by atoms with E-state index in [1.807, 2.05) is 24.3 Å². The lowest BCUT2D eigenvalue weighted by Crippen LogP contribution is -2.37. The fourth-order valence-electron chi connectivity index (χ4n) is 4.24. The number of esters is 1. The Kier molecular flexibility index (Phi) is 6.20. The quantitative estimate of drug-likeness (QED) is 0.479. The summed E-state index contributed by atoms with van der Waals surface area (Å²) in [5.74, 6) is -2.51. The van der Waals surface area contributed by atoms with Gasteiger partial charge in [-0.1, -0.05) is 76.6 Å². The van der Waals surface area contributed by atoms with E-state index in [0.717, 1.165) is 26.7 Å². The molecule has 0 saturated carbocycles. The van der Waals surface area contributed by atoms with E-state index in [1.54, 1.807) is 24.3 Å². The molecule has 0 aromatic heterocycles. The molecule has 5 nitrogen and oxygen atoms in total. The van der Waals surface area contributed by atoms with Crippen LogP contribution in [0.25, 0.3) is 11.1 Å². The fourth-order valence-corrected chi connectivity index (χ4v) is 4.51. The standard InChI is InChI=1S/C25H22BrNO4/c26-16-11-9-15(10-12-16)24(22(27)13-23(28)29)25(30)31-14-21-19-7-3-1-5-17(19)18-6-2-4-8-20(18)21/h1-12,21-22,24H,13-14,27H2,(H,28,29)/t22-,24?/m1/s1. The van der Waals surface area contributed by atoms with Crippen LogP contribution >= 0.6 is 15.9 Å². The topological polar surface area (TPSA) is 89.6 Å². The number of carboxylic acid groups (broad SMARTS) is 1.